The molecule has 0 radical (unpaired) electrons. The van der Waals surface area contributed by atoms with Crippen LogP contribution in [0.2, 0.25) is 0 Å². The van der Waals surface area contributed by atoms with Gasteiger partial charge in [-0.3, -0.25) is 4.79 Å². The molecule has 1 saturated heterocycles. The molecule has 0 aromatic carbocycles. The Morgan fingerprint density at radius 1 is 1.40 bits per heavy atom. The third-order valence-corrected chi connectivity index (χ3v) is 2.75. The van der Waals surface area contributed by atoms with Crippen molar-refractivity contribution in [1.82, 2.24) is 5.32 Å². The largest absolute Gasteiger partial charge is 0.351 e. The third-order valence-electron chi connectivity index (χ3n) is 2.75. The molecule has 0 aromatic heterocycles. The van der Waals surface area contributed by atoms with Gasteiger partial charge in [-0.1, -0.05) is 13.8 Å². The van der Waals surface area contributed by atoms with Gasteiger partial charge in [0.2, 0.25) is 5.91 Å². The van der Waals surface area contributed by atoms with Crippen molar-refractivity contribution in [3.8, 4) is 0 Å². The van der Waals surface area contributed by atoms with E-state index < -0.39 is 0 Å². The molecular formula is C8H15NO. The minimum Gasteiger partial charge on any atom is -0.351 e. The molecule has 1 fully saturated rings. The Hall–Kier alpha value is -0.530. The van der Waals surface area contributed by atoms with Crippen molar-refractivity contribution in [1.29, 1.82) is 0 Å². The van der Waals surface area contributed by atoms with Gasteiger partial charge in [0.15, 0.2) is 0 Å². The maximum absolute atomic E-state index is 11.1. The highest BCUT2D eigenvalue weighted by atomic mass is 16.2. The van der Waals surface area contributed by atoms with Crippen LogP contribution < -0.4 is 5.32 Å². The van der Waals surface area contributed by atoms with Gasteiger partial charge in [-0.15, -0.1) is 0 Å². The third kappa shape index (κ3) is 0.917. The average Bonchev–Trinajstić information content (AvgIpc) is 1.95. The van der Waals surface area contributed by atoms with E-state index in [1.54, 1.807) is 0 Å². The van der Waals surface area contributed by atoms with E-state index in [4.69, 9.17) is 0 Å². The molecule has 2 nitrogen and oxygen atoms in total. The number of rotatable bonds is 0. The Kier molecular flexibility index (Phi) is 1.50. The van der Waals surface area contributed by atoms with Crippen LogP contribution >= 0.6 is 0 Å². The van der Waals surface area contributed by atoms with Crippen molar-refractivity contribution in [2.75, 3.05) is 0 Å². The van der Waals surface area contributed by atoms with Crippen molar-refractivity contribution in [2.24, 2.45) is 11.8 Å². The Bertz CT molecular complexity index is 163. The van der Waals surface area contributed by atoms with Crippen molar-refractivity contribution in [3.63, 3.8) is 0 Å². The van der Waals surface area contributed by atoms with Crippen molar-refractivity contribution < 1.29 is 4.79 Å². The fourth-order valence-electron chi connectivity index (χ4n) is 1.40. The Balaban J connectivity index is 2.81. The Labute approximate surface area is 62.0 Å². The lowest BCUT2D eigenvalue weighted by molar-refractivity contribution is -0.122. The zero-order valence-corrected chi connectivity index (χ0v) is 7.06. The maximum atomic E-state index is 11.1. The van der Waals surface area contributed by atoms with E-state index in [9.17, 15) is 4.79 Å². The number of carbonyl (C=O) groups is 1. The SMILES string of the molecule is C[C@@H]1C(=O)NC(C)(C)[C@@H]1C. The predicted molar refractivity (Wildman–Crippen MR) is 40.5 cm³/mol. The smallest absolute Gasteiger partial charge is 0.223 e. The second-order valence-corrected chi connectivity index (χ2v) is 3.79. The highest BCUT2D eigenvalue weighted by Gasteiger charge is 2.41. The van der Waals surface area contributed by atoms with Crippen LogP contribution in [0.15, 0.2) is 0 Å². The first kappa shape index (κ1) is 7.58. The molecule has 1 amide bonds. The molecule has 0 saturated carbocycles. The van der Waals surface area contributed by atoms with Gasteiger partial charge < -0.3 is 5.32 Å². The van der Waals surface area contributed by atoms with Crippen LogP contribution in [0.3, 0.4) is 0 Å². The summed E-state index contributed by atoms with van der Waals surface area (Å²) in [6, 6.07) is 0. The number of hydrogen-bond donors (Lipinski definition) is 1. The van der Waals surface area contributed by atoms with Crippen molar-refractivity contribution in [2.45, 2.75) is 33.2 Å². The second kappa shape index (κ2) is 1.97. The quantitative estimate of drug-likeness (QED) is 0.539. The minimum absolute atomic E-state index is 0.00347. The minimum atomic E-state index is -0.00347. The molecule has 10 heavy (non-hydrogen) atoms. The molecule has 0 aliphatic carbocycles. The lowest BCUT2D eigenvalue weighted by Gasteiger charge is -2.23. The summed E-state index contributed by atoms with van der Waals surface area (Å²) in [6.45, 7) is 8.23. The number of nitrogens with one attached hydrogen (secondary N) is 1. The van der Waals surface area contributed by atoms with Crippen molar-refractivity contribution >= 4 is 5.91 Å². The van der Waals surface area contributed by atoms with Gasteiger partial charge in [-0.2, -0.15) is 0 Å². The lowest BCUT2D eigenvalue weighted by atomic mass is 9.85. The summed E-state index contributed by atoms with van der Waals surface area (Å²) in [6.07, 6.45) is 0. The van der Waals surface area contributed by atoms with E-state index in [1.165, 1.54) is 0 Å². The normalized spacial score (nSPS) is 37.8. The van der Waals surface area contributed by atoms with Crippen LogP contribution in [0, 0.1) is 11.8 Å². The number of hydrogen-bond acceptors (Lipinski definition) is 1. The molecule has 1 rings (SSSR count). The van der Waals surface area contributed by atoms with Crippen LogP contribution in [0.4, 0.5) is 0 Å². The van der Waals surface area contributed by atoms with E-state index in [0.717, 1.165) is 0 Å². The molecule has 1 heterocycles. The van der Waals surface area contributed by atoms with Gasteiger partial charge >= 0.3 is 0 Å². The fourth-order valence-corrected chi connectivity index (χ4v) is 1.40. The summed E-state index contributed by atoms with van der Waals surface area (Å²) in [5.74, 6) is 0.812. The van der Waals surface area contributed by atoms with Gasteiger partial charge in [-0.25, -0.2) is 0 Å². The first-order valence-corrected chi connectivity index (χ1v) is 3.77. The monoisotopic (exact) mass is 141 g/mol. The fraction of sp³-hybridized carbons (Fsp3) is 0.875. The Morgan fingerprint density at radius 2 is 1.90 bits per heavy atom. The number of amides is 1. The summed E-state index contributed by atoms with van der Waals surface area (Å²) in [4.78, 5) is 11.1. The van der Waals surface area contributed by atoms with Gasteiger partial charge in [0.05, 0.1) is 0 Å². The van der Waals surface area contributed by atoms with Gasteiger partial charge in [-0.05, 0) is 19.8 Å². The Morgan fingerprint density at radius 3 is 2.00 bits per heavy atom. The van der Waals surface area contributed by atoms with Gasteiger partial charge in [0.25, 0.3) is 0 Å². The zero-order chi connectivity index (χ0) is 7.94. The van der Waals surface area contributed by atoms with Gasteiger partial charge in [0.1, 0.15) is 0 Å². The van der Waals surface area contributed by atoms with Crippen LogP contribution in [0.5, 0.6) is 0 Å². The molecular weight excluding hydrogens is 126 g/mol. The summed E-state index contributed by atoms with van der Waals surface area (Å²) in [5.41, 5.74) is -0.00347. The number of carbonyl (C=O) groups excluding carboxylic acids is 1. The molecule has 0 spiro atoms. The summed E-state index contributed by atoms with van der Waals surface area (Å²) in [5, 5.41) is 2.95. The highest BCUT2D eigenvalue weighted by Crippen LogP contribution is 2.30. The lowest BCUT2D eigenvalue weighted by Crippen LogP contribution is -2.38. The van der Waals surface area contributed by atoms with Crippen LogP contribution in [0.1, 0.15) is 27.7 Å². The maximum Gasteiger partial charge on any atom is 0.223 e. The van der Waals surface area contributed by atoms with Crippen LogP contribution in [0.25, 0.3) is 0 Å². The molecule has 1 aliphatic heterocycles. The second-order valence-electron chi connectivity index (χ2n) is 3.79. The van der Waals surface area contributed by atoms with Crippen LogP contribution in [-0.4, -0.2) is 11.4 Å². The molecule has 0 bridgehead atoms. The molecule has 2 heteroatoms. The van der Waals surface area contributed by atoms with E-state index in [-0.39, 0.29) is 17.4 Å². The van der Waals surface area contributed by atoms with E-state index >= 15 is 0 Å². The topological polar surface area (TPSA) is 29.1 Å². The molecule has 1 N–H and O–H groups in total. The standard InChI is InChI=1S/C8H15NO/c1-5-6(2)8(3,4)9-7(5)10/h5-6H,1-4H3,(H,9,10)/t5-,6+/m0/s1. The summed E-state index contributed by atoms with van der Waals surface area (Å²) >= 11 is 0. The summed E-state index contributed by atoms with van der Waals surface area (Å²) < 4.78 is 0. The first-order valence-electron chi connectivity index (χ1n) is 3.77. The average molecular weight is 141 g/mol. The first-order chi connectivity index (χ1) is 4.45. The zero-order valence-electron chi connectivity index (χ0n) is 7.06. The molecule has 0 unspecified atom stereocenters. The van der Waals surface area contributed by atoms with E-state index in [2.05, 4.69) is 26.1 Å². The predicted octanol–water partition coefficient (Wildman–Crippen LogP) is 1.17. The van der Waals surface area contributed by atoms with Crippen LogP contribution in [-0.2, 0) is 4.79 Å². The highest BCUT2D eigenvalue weighted by molar-refractivity contribution is 5.82. The molecule has 0 aromatic rings. The summed E-state index contributed by atoms with van der Waals surface area (Å²) in [7, 11) is 0. The van der Waals surface area contributed by atoms with Crippen molar-refractivity contribution in [3.05, 3.63) is 0 Å². The van der Waals surface area contributed by atoms with E-state index in [1.807, 2.05) is 6.92 Å². The molecule has 1 aliphatic rings. The molecule has 2 atom stereocenters. The van der Waals surface area contributed by atoms with E-state index in [0.29, 0.717) is 5.92 Å². The van der Waals surface area contributed by atoms with Gasteiger partial charge in [0, 0.05) is 11.5 Å². The molecule has 58 valence electrons.